The largest absolute Gasteiger partial charge is 0.399 e. The monoisotopic (exact) mass is 487 g/mol. The van der Waals surface area contributed by atoms with Crippen LogP contribution in [0.25, 0.3) is 0 Å². The molecule has 35 heavy (non-hydrogen) atoms. The van der Waals surface area contributed by atoms with Gasteiger partial charge in [-0.2, -0.15) is 0 Å². The molecule has 5 heteroatoms. The molecule has 0 spiro atoms. The zero-order chi connectivity index (χ0) is 25.8. The van der Waals surface area contributed by atoms with Crippen LogP contribution in [0.5, 0.6) is 0 Å². The van der Waals surface area contributed by atoms with Gasteiger partial charge >= 0.3 is 0 Å². The lowest BCUT2D eigenvalue weighted by molar-refractivity contribution is -0.0840. The van der Waals surface area contributed by atoms with Gasteiger partial charge in [0.25, 0.3) is 0 Å². The molecule has 9 atom stereocenters. The predicted molar refractivity (Wildman–Crippen MR) is 141 cm³/mol. The van der Waals surface area contributed by atoms with Crippen molar-refractivity contribution in [3.8, 4) is 0 Å². The molecule has 198 valence electrons. The van der Waals surface area contributed by atoms with Crippen LogP contribution in [0.1, 0.15) is 92.9 Å². The molecule has 5 nitrogen and oxygen atoms in total. The van der Waals surface area contributed by atoms with Crippen LogP contribution in [0.15, 0.2) is 28.5 Å². The Bertz CT molecular complexity index is 885. The van der Waals surface area contributed by atoms with E-state index in [-0.39, 0.29) is 16.7 Å². The molecule has 0 amide bonds. The molecule has 0 heterocycles. The summed E-state index contributed by atoms with van der Waals surface area (Å²) in [6, 6.07) is 0. The molecule has 2 saturated carbocycles. The summed E-state index contributed by atoms with van der Waals surface area (Å²) in [5, 5.41) is 35.9. The van der Waals surface area contributed by atoms with Gasteiger partial charge in [0.15, 0.2) is 0 Å². The van der Waals surface area contributed by atoms with E-state index < -0.39 is 17.8 Å². The first kappa shape index (κ1) is 26.9. The summed E-state index contributed by atoms with van der Waals surface area (Å²) in [5.74, 6) is 2.26. The van der Waals surface area contributed by atoms with E-state index in [0.717, 1.165) is 44.2 Å². The highest BCUT2D eigenvalue weighted by Crippen LogP contribution is 2.65. The van der Waals surface area contributed by atoms with Crippen LogP contribution < -0.4 is 0 Å². The smallest absolute Gasteiger partial charge is 0.106 e. The Hall–Kier alpha value is -1.17. The van der Waals surface area contributed by atoms with Gasteiger partial charge in [0.1, 0.15) is 7.11 Å². The van der Waals surface area contributed by atoms with Gasteiger partial charge in [-0.3, -0.25) is 0 Å². The predicted octanol–water partition coefficient (Wildman–Crippen LogP) is 5.64. The molecule has 4 unspecified atom stereocenters. The number of aliphatic hydroxyl groups is 3. The molecule has 3 N–H and O–H groups in total. The summed E-state index contributed by atoms with van der Waals surface area (Å²) >= 11 is 0. The third-order valence-corrected chi connectivity index (χ3v) is 10.7. The first-order valence-electron chi connectivity index (χ1n) is 14.0. The normalized spacial score (nSPS) is 41.9. The van der Waals surface area contributed by atoms with Gasteiger partial charge < -0.3 is 20.2 Å². The van der Waals surface area contributed by atoms with Crippen molar-refractivity contribution in [1.82, 2.24) is 0 Å². The lowest BCUT2D eigenvalue weighted by atomic mass is 9.48. The van der Waals surface area contributed by atoms with Crippen LogP contribution in [-0.2, 0) is 4.84 Å². The van der Waals surface area contributed by atoms with Crippen molar-refractivity contribution < 1.29 is 20.2 Å². The molecule has 4 aliphatic carbocycles. The molecule has 0 saturated heterocycles. The highest BCUT2D eigenvalue weighted by atomic mass is 16.6. The number of fused-ring (bicyclic) bond motifs is 5. The quantitative estimate of drug-likeness (QED) is 0.406. The molecule has 0 aliphatic heterocycles. The Kier molecular flexibility index (Phi) is 7.38. The van der Waals surface area contributed by atoms with Gasteiger partial charge in [-0.15, -0.1) is 0 Å². The SMILES string of the molecule is CCC(CCC(C)(C)O)C(C)[C@H]1CC=C2C3=C/C(=N/OC)C4C[C@@H](O)[C@@H](O)C[C@]4(C)C3CC[C@@]21C. The topological polar surface area (TPSA) is 82.3 Å². The zero-order valence-corrected chi connectivity index (χ0v) is 23.1. The summed E-state index contributed by atoms with van der Waals surface area (Å²) in [5.41, 5.74) is 3.21. The first-order chi connectivity index (χ1) is 16.4. The highest BCUT2D eigenvalue weighted by molar-refractivity contribution is 5.99. The maximum atomic E-state index is 10.7. The van der Waals surface area contributed by atoms with E-state index in [1.165, 1.54) is 11.1 Å². The number of nitrogens with zero attached hydrogens (tertiary/aromatic N) is 1. The Balaban J connectivity index is 1.64. The Morgan fingerprint density at radius 2 is 1.91 bits per heavy atom. The molecule has 0 bridgehead atoms. The van der Waals surface area contributed by atoms with Crippen molar-refractivity contribution >= 4 is 5.71 Å². The fraction of sp³-hybridized carbons (Fsp3) is 0.833. The summed E-state index contributed by atoms with van der Waals surface area (Å²) in [7, 11) is 1.60. The average Bonchev–Trinajstić information content (AvgIpc) is 3.12. The fourth-order valence-electron chi connectivity index (χ4n) is 8.55. The highest BCUT2D eigenvalue weighted by Gasteiger charge is 2.58. The number of oxime groups is 1. The van der Waals surface area contributed by atoms with Gasteiger partial charge in [-0.25, -0.2) is 0 Å². The Labute approximate surface area is 212 Å². The maximum Gasteiger partial charge on any atom is 0.106 e. The van der Waals surface area contributed by atoms with E-state index in [2.05, 4.69) is 45.0 Å². The van der Waals surface area contributed by atoms with E-state index in [9.17, 15) is 15.3 Å². The van der Waals surface area contributed by atoms with Crippen LogP contribution in [0.4, 0.5) is 0 Å². The maximum absolute atomic E-state index is 10.7. The molecule has 0 aromatic rings. The minimum Gasteiger partial charge on any atom is -0.399 e. The minimum atomic E-state index is -0.704. The average molecular weight is 488 g/mol. The molecule has 0 radical (unpaired) electrons. The van der Waals surface area contributed by atoms with Crippen LogP contribution >= 0.6 is 0 Å². The summed E-state index contributed by atoms with van der Waals surface area (Å²) in [4.78, 5) is 5.27. The van der Waals surface area contributed by atoms with Gasteiger partial charge in [-0.1, -0.05) is 45.3 Å². The molecule has 4 aliphatic rings. The minimum absolute atomic E-state index is 0.0991. The number of hydrogen-bond acceptors (Lipinski definition) is 5. The van der Waals surface area contributed by atoms with Crippen molar-refractivity contribution in [2.75, 3.05) is 7.11 Å². The number of aliphatic hydroxyl groups excluding tert-OH is 2. The first-order valence-corrected chi connectivity index (χ1v) is 14.0. The third-order valence-electron chi connectivity index (χ3n) is 10.7. The van der Waals surface area contributed by atoms with Crippen molar-refractivity contribution in [2.45, 2.75) is 111 Å². The fourth-order valence-corrected chi connectivity index (χ4v) is 8.55. The molecule has 0 aromatic carbocycles. The van der Waals surface area contributed by atoms with Crippen molar-refractivity contribution in [2.24, 2.45) is 45.6 Å². The zero-order valence-electron chi connectivity index (χ0n) is 23.1. The second-order valence-electron chi connectivity index (χ2n) is 13.3. The Morgan fingerprint density at radius 3 is 2.54 bits per heavy atom. The van der Waals surface area contributed by atoms with Gasteiger partial charge in [0.05, 0.1) is 23.5 Å². The van der Waals surface area contributed by atoms with E-state index in [0.29, 0.717) is 36.5 Å². The van der Waals surface area contributed by atoms with Gasteiger partial charge in [-0.05, 0) is 111 Å². The summed E-state index contributed by atoms with van der Waals surface area (Å²) in [6.45, 7) is 13.4. The summed E-state index contributed by atoms with van der Waals surface area (Å²) < 4.78 is 0. The van der Waals surface area contributed by atoms with Crippen LogP contribution in [-0.4, -0.2) is 46.0 Å². The van der Waals surface area contributed by atoms with Gasteiger partial charge in [0.2, 0.25) is 0 Å². The van der Waals surface area contributed by atoms with Crippen LogP contribution in [0, 0.1) is 40.4 Å². The van der Waals surface area contributed by atoms with E-state index in [1.807, 2.05) is 13.8 Å². The number of hydrogen-bond donors (Lipinski definition) is 3. The van der Waals surface area contributed by atoms with Gasteiger partial charge in [0, 0.05) is 5.92 Å². The second kappa shape index (κ2) is 9.61. The molecular weight excluding hydrogens is 438 g/mol. The van der Waals surface area contributed by atoms with Crippen molar-refractivity contribution in [3.63, 3.8) is 0 Å². The van der Waals surface area contributed by atoms with E-state index >= 15 is 0 Å². The van der Waals surface area contributed by atoms with Crippen molar-refractivity contribution in [1.29, 1.82) is 0 Å². The summed E-state index contributed by atoms with van der Waals surface area (Å²) in [6.07, 6.45) is 11.0. The standard InChI is InChI=1S/C30H49NO4/c1-8-19(11-13-28(3,4)34)18(2)21-9-10-22-20-15-25(31-35-7)24-16-26(32)27(33)17-30(24,6)23(20)12-14-29(21,22)5/h10,15,18-19,21,23-24,26-27,32-34H,8-9,11-14,16-17H2,1-7H3/b31-25-/t18?,19?,21-,23?,24?,26-,27+,29-,30-/m1/s1. The number of rotatable bonds is 7. The van der Waals surface area contributed by atoms with Crippen molar-refractivity contribution in [3.05, 3.63) is 23.3 Å². The third kappa shape index (κ3) is 4.66. The number of allylic oxidation sites excluding steroid dienone is 4. The molecule has 2 fully saturated rings. The lowest BCUT2D eigenvalue weighted by Gasteiger charge is -2.57. The van der Waals surface area contributed by atoms with E-state index in [4.69, 9.17) is 4.84 Å². The van der Waals surface area contributed by atoms with Crippen LogP contribution in [0.3, 0.4) is 0 Å². The molecule has 4 rings (SSSR count). The second-order valence-corrected chi connectivity index (χ2v) is 13.3. The molecule has 0 aromatic heterocycles. The molecular formula is C30H49NO4. The van der Waals surface area contributed by atoms with E-state index in [1.54, 1.807) is 7.11 Å². The Morgan fingerprint density at radius 1 is 1.20 bits per heavy atom. The lowest BCUT2D eigenvalue weighted by Crippen LogP contribution is -2.55. The van der Waals surface area contributed by atoms with Crippen LogP contribution in [0.2, 0.25) is 0 Å².